The van der Waals surface area contributed by atoms with Crippen LogP contribution in [-0.2, 0) is 38.7 Å². The number of aryl methyl sites for hydroxylation is 6. The average molecular weight is 1130 g/mol. The Morgan fingerprint density at radius 1 is 0.726 bits per heavy atom. The number of allylic oxidation sites excluding steroid dienone is 2. The van der Waals surface area contributed by atoms with E-state index < -0.39 is 30.3 Å². The monoisotopic (exact) mass is 1130 g/mol. The summed E-state index contributed by atoms with van der Waals surface area (Å²) in [4.78, 5) is 44.5. The van der Waals surface area contributed by atoms with Gasteiger partial charge in [-0.05, 0) is 104 Å². The van der Waals surface area contributed by atoms with Crippen molar-refractivity contribution in [2.24, 2.45) is 5.41 Å². The fourth-order valence-corrected chi connectivity index (χ4v) is 11.6. The van der Waals surface area contributed by atoms with E-state index in [2.05, 4.69) is 128 Å². The molecule has 73 heavy (non-hydrogen) atoms. The third-order valence-electron chi connectivity index (χ3n) is 14.3. The minimum atomic E-state index is -2.09. The molecule has 1 heterocycles. The third-order valence-corrected chi connectivity index (χ3v) is 16.1. The van der Waals surface area contributed by atoms with Gasteiger partial charge in [-0.15, -0.1) is 0 Å². The minimum Gasteiger partial charge on any atom is -0.502 e. The van der Waals surface area contributed by atoms with Crippen LogP contribution in [0.5, 0.6) is 17.2 Å². The van der Waals surface area contributed by atoms with Crippen LogP contribution in [0.3, 0.4) is 0 Å². The maximum atomic E-state index is 13.7. The summed E-state index contributed by atoms with van der Waals surface area (Å²) in [5.41, 5.74) is 15.5. The molecule has 4 aromatic carbocycles. The Bertz CT molecular complexity index is 2630. The molecule has 0 spiro atoms. The number of carbonyl (C=O) groups excluding carboxylic acids is 3. The van der Waals surface area contributed by atoms with Gasteiger partial charge in [-0.1, -0.05) is 81.7 Å². The maximum absolute atomic E-state index is 13.7. The topological polar surface area (TPSA) is 89.0 Å². The fourth-order valence-electron chi connectivity index (χ4n) is 9.82. The van der Waals surface area contributed by atoms with Crippen molar-refractivity contribution in [2.75, 3.05) is 22.9 Å². The molecule has 5 rings (SSSR count). The Morgan fingerprint density at radius 2 is 1.22 bits per heavy atom. The van der Waals surface area contributed by atoms with Gasteiger partial charge in [0.15, 0.2) is 0 Å². The second-order valence-corrected chi connectivity index (χ2v) is 28.5. The molecular weight excluding hydrogens is 1040 g/mol. The molecule has 0 aromatic heterocycles. The smallest absolute Gasteiger partial charge is 0.502 e. The van der Waals surface area contributed by atoms with Gasteiger partial charge < -0.3 is 14.5 Å². The van der Waals surface area contributed by atoms with E-state index in [4.69, 9.17) is 33.6 Å². The van der Waals surface area contributed by atoms with E-state index in [1.54, 1.807) is 0 Å². The number of esters is 2. The van der Waals surface area contributed by atoms with Gasteiger partial charge in [0.1, 0.15) is 18.0 Å². The second-order valence-electron chi connectivity index (χ2n) is 22.7. The molecule has 1 N–H and O–H groups in total. The number of aromatic hydroxyl groups is 1. The molecule has 1 aliphatic rings. The molecule has 402 valence electrons. The van der Waals surface area contributed by atoms with Crippen LogP contribution in [0.2, 0.25) is 0 Å². The SMILES string of the molecule is CCC(C)(C)C(=O)CC(=O)Oc1c(C)c(C)c(OC(=O)CCC(C)(C)c2ccc([OH+]C(C)C)c([CH]=[Ru]([Cl])[Cl])c2)c(C(C)(C)CC=C(C)C)c1C.Cc1cc(C)c(N2[CH-]N(c3c(C)cc(C)cc3C)CC2)c(C)c1. The van der Waals surface area contributed by atoms with Crippen molar-refractivity contribution in [2.45, 2.75) is 188 Å². The van der Waals surface area contributed by atoms with Crippen molar-refractivity contribution in [1.29, 1.82) is 0 Å². The summed E-state index contributed by atoms with van der Waals surface area (Å²) >= 11 is -2.09. The van der Waals surface area contributed by atoms with Crippen molar-refractivity contribution >= 4 is 53.1 Å². The predicted molar refractivity (Wildman–Crippen MR) is 305 cm³/mol. The number of rotatable bonds is 18. The van der Waals surface area contributed by atoms with Gasteiger partial charge in [-0.2, -0.15) is 6.67 Å². The Morgan fingerprint density at radius 3 is 1.68 bits per heavy atom. The molecule has 0 unspecified atom stereocenters. The van der Waals surface area contributed by atoms with Crippen molar-refractivity contribution in [3.63, 3.8) is 0 Å². The van der Waals surface area contributed by atoms with E-state index in [1.807, 2.05) is 79.9 Å². The van der Waals surface area contributed by atoms with Crippen LogP contribution < -0.4 is 19.3 Å². The summed E-state index contributed by atoms with van der Waals surface area (Å²) in [6.07, 6.45) is 4.00. The van der Waals surface area contributed by atoms with Crippen LogP contribution >= 0.6 is 19.4 Å². The number of benzene rings is 4. The number of ketones is 1. The van der Waals surface area contributed by atoms with Crippen LogP contribution in [0.4, 0.5) is 11.4 Å². The number of aliphatic hydroxyl groups is 1. The molecule has 1 fully saturated rings. The summed E-state index contributed by atoms with van der Waals surface area (Å²) in [6, 6.07) is 15.2. The van der Waals surface area contributed by atoms with Crippen molar-refractivity contribution in [1.82, 2.24) is 0 Å². The third kappa shape index (κ3) is 16.1. The number of hydrogen-bond acceptors (Lipinski definition) is 7. The second kappa shape index (κ2) is 25.5. The summed E-state index contributed by atoms with van der Waals surface area (Å²) in [5.74, 6) is 0.668. The van der Waals surface area contributed by atoms with E-state index >= 15 is 0 Å². The number of ether oxygens (including phenoxy) is 3. The van der Waals surface area contributed by atoms with Crippen LogP contribution in [0.1, 0.15) is 175 Å². The van der Waals surface area contributed by atoms with Crippen LogP contribution in [0.25, 0.3) is 0 Å². The van der Waals surface area contributed by atoms with Gasteiger partial charge in [0.05, 0.1) is 0 Å². The average Bonchev–Trinajstić information content (AvgIpc) is 3.74. The molecule has 0 bridgehead atoms. The molecular formula is C62H86Cl2N2O6Ru. The fraction of sp³-hybridized carbons (Fsp3) is 0.500. The Kier molecular flexibility index (Phi) is 21.4. The molecule has 1 saturated heterocycles. The Balaban J connectivity index is 0.000000413. The van der Waals surface area contributed by atoms with Crippen LogP contribution in [0.15, 0.2) is 54.1 Å². The quantitative estimate of drug-likeness (QED) is 0.0186. The number of nitrogens with zero attached hydrogens (tertiary/aromatic N) is 2. The van der Waals surface area contributed by atoms with Gasteiger partial charge in [0, 0.05) is 29.9 Å². The van der Waals surface area contributed by atoms with Gasteiger partial charge in [0.25, 0.3) is 0 Å². The van der Waals surface area contributed by atoms with Gasteiger partial charge in [0.2, 0.25) is 0 Å². The molecule has 0 amide bonds. The van der Waals surface area contributed by atoms with E-state index in [-0.39, 0.29) is 36.1 Å². The molecule has 4 aromatic rings. The normalized spacial score (nSPS) is 13.1. The number of halogens is 2. The molecule has 8 nitrogen and oxygen atoms in total. The Labute approximate surface area is 453 Å². The Hall–Kier alpha value is -4.30. The standard InChI is InChI=1S/C41H58O6.C21H27N2.2ClH.Ru/c1-16-39(10,11)33(42)24-35(44)47-37-28(7)29(8)38(36(30(37)9)41(14,15)21-19-25(2)3)46-34(43)20-22-40(12,13)31-17-18-32(27(6)23-31)45-26(4)5;1-14-9-16(3)20(17(4)10-14)22-7-8-23(13-22)21-18(5)11-15(2)12-19(21)6;;;/h6,17-19,23,26H,16,20-22,24H2,1-5,7-15H3;9-13H,7-8H2,1-6H3;2*1H;/q;-1;;;+2/p-1. The first-order valence-corrected chi connectivity index (χ1v) is 31.2. The van der Waals surface area contributed by atoms with Gasteiger partial charge in [-0.25, -0.2) is 0 Å². The van der Waals surface area contributed by atoms with Crippen molar-refractivity contribution in [3.8, 4) is 17.2 Å². The first-order valence-electron chi connectivity index (χ1n) is 25.7. The van der Waals surface area contributed by atoms with Crippen molar-refractivity contribution < 1.29 is 42.1 Å². The summed E-state index contributed by atoms with van der Waals surface area (Å²) in [7, 11) is 12.5. The zero-order valence-corrected chi connectivity index (χ0v) is 51.0. The summed E-state index contributed by atoms with van der Waals surface area (Å²) in [6.45, 7) is 45.4. The van der Waals surface area contributed by atoms with Gasteiger partial charge >= 0.3 is 191 Å². The molecule has 0 atom stereocenters. The van der Waals surface area contributed by atoms with E-state index in [1.165, 1.54) is 50.3 Å². The summed E-state index contributed by atoms with van der Waals surface area (Å²) < 4.78 is 18.9. The molecule has 0 saturated carbocycles. The molecule has 0 radical (unpaired) electrons. The molecule has 11 heteroatoms. The van der Waals surface area contributed by atoms with E-state index in [0.717, 1.165) is 46.7 Å². The molecule has 1 aliphatic heterocycles. The van der Waals surface area contributed by atoms with E-state index in [0.29, 0.717) is 36.3 Å². The number of hydrogen-bond donors (Lipinski definition) is 0. The summed E-state index contributed by atoms with van der Waals surface area (Å²) in [5, 5.41) is 0. The molecule has 0 aliphatic carbocycles. The number of Topliss-reactive ketones (excluding diaryl/α,β-unsaturated/α-hetero) is 1. The number of carbonyl (C=O) groups is 3. The minimum absolute atomic E-state index is 0.123. The number of anilines is 2. The van der Waals surface area contributed by atoms with Gasteiger partial charge in [-0.3, -0.25) is 9.59 Å². The van der Waals surface area contributed by atoms with Crippen molar-refractivity contribution in [3.05, 3.63) is 128 Å². The van der Waals surface area contributed by atoms with Crippen LogP contribution in [-0.4, -0.2) is 46.3 Å². The zero-order chi connectivity index (χ0) is 55.1. The zero-order valence-electron chi connectivity index (χ0n) is 47.8. The predicted octanol–water partition coefficient (Wildman–Crippen LogP) is 15.9. The van der Waals surface area contributed by atoms with E-state index in [9.17, 15) is 14.4 Å². The van der Waals surface area contributed by atoms with Crippen LogP contribution in [0, 0.1) is 74.4 Å². The first kappa shape index (κ1) is 61.3. The first-order chi connectivity index (χ1) is 33.8.